The Labute approximate surface area is 151 Å². The van der Waals surface area contributed by atoms with Gasteiger partial charge in [0.2, 0.25) is 0 Å². The van der Waals surface area contributed by atoms with Crippen molar-refractivity contribution in [2.24, 2.45) is 0 Å². The molecule has 2 unspecified atom stereocenters. The summed E-state index contributed by atoms with van der Waals surface area (Å²) in [6.45, 7) is 7.42. The molecule has 2 aliphatic heterocycles. The number of likely N-dealkylation sites (N-methyl/N-ethyl adjacent to an activating group) is 2. The van der Waals surface area contributed by atoms with Gasteiger partial charge in [0.15, 0.2) is 0 Å². The first-order valence-electron chi connectivity index (χ1n) is 9.38. The molecule has 2 atom stereocenters. The van der Waals surface area contributed by atoms with Crippen molar-refractivity contribution in [3.63, 3.8) is 0 Å². The highest BCUT2D eigenvalue weighted by molar-refractivity contribution is 4.98. The zero-order valence-electron chi connectivity index (χ0n) is 15.9. The van der Waals surface area contributed by atoms with Crippen LogP contribution in [-0.2, 0) is 16.0 Å². The van der Waals surface area contributed by atoms with E-state index in [4.69, 9.17) is 13.9 Å². The Balaban J connectivity index is 1.50. The van der Waals surface area contributed by atoms with Gasteiger partial charge in [-0.05, 0) is 46.1 Å². The lowest BCUT2D eigenvalue weighted by Gasteiger charge is -2.33. The lowest BCUT2D eigenvalue weighted by molar-refractivity contribution is -0.0914. The molecule has 1 aromatic rings. The first kappa shape index (κ1) is 18.9. The van der Waals surface area contributed by atoms with Gasteiger partial charge in [-0.1, -0.05) is 0 Å². The van der Waals surface area contributed by atoms with Crippen LogP contribution in [0.3, 0.4) is 0 Å². The van der Waals surface area contributed by atoms with E-state index < -0.39 is 0 Å². The molecule has 25 heavy (non-hydrogen) atoms. The van der Waals surface area contributed by atoms with Crippen LogP contribution in [0.2, 0.25) is 0 Å². The van der Waals surface area contributed by atoms with Gasteiger partial charge in [-0.2, -0.15) is 0 Å². The van der Waals surface area contributed by atoms with E-state index in [0.717, 1.165) is 71.1 Å². The predicted molar refractivity (Wildman–Crippen MR) is 97.7 cm³/mol. The van der Waals surface area contributed by atoms with Crippen LogP contribution in [0.1, 0.15) is 18.6 Å². The maximum absolute atomic E-state index is 6.54. The van der Waals surface area contributed by atoms with E-state index in [1.54, 1.807) is 6.26 Å². The van der Waals surface area contributed by atoms with E-state index in [2.05, 4.69) is 35.8 Å². The number of furan rings is 1. The lowest BCUT2D eigenvalue weighted by atomic mass is 10.00. The van der Waals surface area contributed by atoms with Gasteiger partial charge in [0.25, 0.3) is 0 Å². The predicted octanol–water partition coefficient (Wildman–Crippen LogP) is 1.52. The van der Waals surface area contributed by atoms with Crippen molar-refractivity contribution in [3.05, 3.63) is 24.2 Å². The summed E-state index contributed by atoms with van der Waals surface area (Å²) in [4.78, 5) is 7.02. The van der Waals surface area contributed by atoms with Gasteiger partial charge in [0.1, 0.15) is 11.4 Å². The molecule has 1 aromatic heterocycles. The zero-order valence-corrected chi connectivity index (χ0v) is 15.9. The van der Waals surface area contributed by atoms with Gasteiger partial charge in [-0.3, -0.25) is 9.80 Å². The summed E-state index contributed by atoms with van der Waals surface area (Å²) in [6, 6.07) is 3.96. The van der Waals surface area contributed by atoms with Crippen LogP contribution in [0, 0.1) is 0 Å². The molecule has 6 heteroatoms. The Kier molecular flexibility index (Phi) is 6.52. The molecular formula is C19H33N3O3. The highest BCUT2D eigenvalue weighted by Gasteiger charge is 2.43. The van der Waals surface area contributed by atoms with Crippen LogP contribution in [-0.4, -0.2) is 93.5 Å². The minimum Gasteiger partial charge on any atom is -0.468 e. The SMILES string of the molecule is CN(C)CCN1CCOCC2(CCC(CN(C)Cc3ccco3)O2)C1. The van der Waals surface area contributed by atoms with Crippen molar-refractivity contribution in [2.45, 2.75) is 31.1 Å². The molecule has 142 valence electrons. The Hall–Kier alpha value is -0.920. The smallest absolute Gasteiger partial charge is 0.117 e. The van der Waals surface area contributed by atoms with Gasteiger partial charge in [0.05, 0.1) is 32.1 Å². The normalized spacial score (nSPS) is 28.3. The molecule has 3 rings (SSSR count). The van der Waals surface area contributed by atoms with E-state index >= 15 is 0 Å². The molecule has 0 aromatic carbocycles. The van der Waals surface area contributed by atoms with Crippen LogP contribution < -0.4 is 0 Å². The Morgan fingerprint density at radius 3 is 2.96 bits per heavy atom. The van der Waals surface area contributed by atoms with E-state index in [9.17, 15) is 0 Å². The topological polar surface area (TPSA) is 41.3 Å². The summed E-state index contributed by atoms with van der Waals surface area (Å²) in [7, 11) is 6.38. The molecule has 1 spiro atoms. The van der Waals surface area contributed by atoms with Crippen molar-refractivity contribution >= 4 is 0 Å². The average molecular weight is 351 g/mol. The van der Waals surface area contributed by atoms with E-state index in [1.807, 2.05) is 12.1 Å². The maximum Gasteiger partial charge on any atom is 0.117 e. The van der Waals surface area contributed by atoms with Crippen molar-refractivity contribution in [1.29, 1.82) is 0 Å². The summed E-state index contributed by atoms with van der Waals surface area (Å²) >= 11 is 0. The second kappa shape index (κ2) is 8.64. The third-order valence-electron chi connectivity index (χ3n) is 5.15. The highest BCUT2D eigenvalue weighted by atomic mass is 16.6. The second-order valence-electron chi connectivity index (χ2n) is 7.87. The summed E-state index contributed by atoms with van der Waals surface area (Å²) in [5.74, 6) is 1.00. The van der Waals surface area contributed by atoms with Crippen molar-refractivity contribution in [2.75, 3.05) is 67.1 Å². The molecule has 2 aliphatic rings. The third-order valence-corrected chi connectivity index (χ3v) is 5.15. The van der Waals surface area contributed by atoms with Crippen LogP contribution in [0.4, 0.5) is 0 Å². The molecule has 3 heterocycles. The second-order valence-corrected chi connectivity index (χ2v) is 7.87. The van der Waals surface area contributed by atoms with Crippen LogP contribution >= 0.6 is 0 Å². The molecule has 2 saturated heterocycles. The molecule has 0 radical (unpaired) electrons. The van der Waals surface area contributed by atoms with Gasteiger partial charge in [-0.25, -0.2) is 0 Å². The maximum atomic E-state index is 6.54. The first-order valence-corrected chi connectivity index (χ1v) is 9.38. The first-order chi connectivity index (χ1) is 12.0. The molecule has 0 N–H and O–H groups in total. The van der Waals surface area contributed by atoms with Gasteiger partial charge < -0.3 is 18.8 Å². The monoisotopic (exact) mass is 351 g/mol. The number of rotatable bonds is 7. The number of hydrogen-bond acceptors (Lipinski definition) is 6. The number of hydrogen-bond donors (Lipinski definition) is 0. The number of nitrogens with zero attached hydrogens (tertiary/aromatic N) is 3. The summed E-state index contributed by atoms with van der Waals surface area (Å²) in [5.41, 5.74) is -0.126. The Bertz CT molecular complexity index is 508. The van der Waals surface area contributed by atoms with E-state index in [1.165, 1.54) is 0 Å². The van der Waals surface area contributed by atoms with Gasteiger partial charge >= 0.3 is 0 Å². The molecule has 0 bridgehead atoms. The third kappa shape index (κ3) is 5.53. The van der Waals surface area contributed by atoms with Crippen molar-refractivity contribution < 1.29 is 13.9 Å². The number of ether oxygens (including phenoxy) is 2. The molecular weight excluding hydrogens is 318 g/mol. The largest absolute Gasteiger partial charge is 0.468 e. The van der Waals surface area contributed by atoms with Gasteiger partial charge in [0, 0.05) is 32.7 Å². The standard InChI is InChI=1S/C19H33N3O3/c1-20(2)8-9-22-10-12-23-16-19(15-22)7-6-18(25-19)14-21(3)13-17-5-4-11-24-17/h4-5,11,18H,6-10,12-16H2,1-3H3. The van der Waals surface area contributed by atoms with Gasteiger partial charge in [-0.15, -0.1) is 0 Å². The Morgan fingerprint density at radius 1 is 1.32 bits per heavy atom. The van der Waals surface area contributed by atoms with Crippen molar-refractivity contribution in [1.82, 2.24) is 14.7 Å². The zero-order chi connectivity index (χ0) is 17.7. The van der Waals surface area contributed by atoms with E-state index in [-0.39, 0.29) is 11.7 Å². The fourth-order valence-corrected chi connectivity index (χ4v) is 3.84. The molecule has 6 nitrogen and oxygen atoms in total. The molecule has 2 fully saturated rings. The van der Waals surface area contributed by atoms with Crippen LogP contribution in [0.5, 0.6) is 0 Å². The quantitative estimate of drug-likeness (QED) is 0.742. The minimum atomic E-state index is -0.126. The summed E-state index contributed by atoms with van der Waals surface area (Å²) in [6.07, 6.45) is 4.20. The van der Waals surface area contributed by atoms with Crippen LogP contribution in [0.25, 0.3) is 0 Å². The molecule has 0 amide bonds. The molecule has 0 saturated carbocycles. The summed E-state index contributed by atoms with van der Waals surface area (Å²) in [5, 5.41) is 0. The van der Waals surface area contributed by atoms with Crippen LogP contribution in [0.15, 0.2) is 22.8 Å². The fraction of sp³-hybridized carbons (Fsp3) is 0.789. The van der Waals surface area contributed by atoms with E-state index in [0.29, 0.717) is 0 Å². The highest BCUT2D eigenvalue weighted by Crippen LogP contribution is 2.33. The van der Waals surface area contributed by atoms with Crippen molar-refractivity contribution in [3.8, 4) is 0 Å². The summed E-state index contributed by atoms with van der Waals surface area (Å²) < 4.78 is 17.9. The minimum absolute atomic E-state index is 0.126. The Morgan fingerprint density at radius 2 is 2.20 bits per heavy atom. The fourth-order valence-electron chi connectivity index (χ4n) is 3.84. The average Bonchev–Trinajstić information content (AvgIpc) is 3.14. The molecule has 0 aliphatic carbocycles. The lowest BCUT2D eigenvalue weighted by Crippen LogP contribution is -2.46.